The Morgan fingerprint density at radius 3 is 2.40 bits per heavy atom. The van der Waals surface area contributed by atoms with Crippen molar-refractivity contribution in [2.24, 2.45) is 0 Å². The van der Waals surface area contributed by atoms with Crippen LogP contribution in [-0.4, -0.2) is 99.1 Å². The number of β-amino-alcohol motifs (C(OH)–C–C–N with tert-alkyl or cyclic N) is 1. The highest BCUT2D eigenvalue weighted by Gasteiger charge is 2.40. The van der Waals surface area contributed by atoms with Crippen LogP contribution in [0.2, 0.25) is 0 Å². The van der Waals surface area contributed by atoms with Crippen molar-refractivity contribution in [2.45, 2.75) is 84.0 Å². The molecule has 338 valence electrons. The normalized spacial score (nSPS) is 16.7. The van der Waals surface area contributed by atoms with Crippen molar-refractivity contribution in [2.75, 3.05) is 50.8 Å². The molecule has 3 aliphatic heterocycles. The third-order valence-corrected chi connectivity index (χ3v) is 14.0. The van der Waals surface area contributed by atoms with Crippen LogP contribution >= 0.6 is 11.3 Å². The number of carbonyl (C=O) groups excluding carboxylic acids is 3. The third-order valence-electron chi connectivity index (χ3n) is 13.0. The first-order valence-electron chi connectivity index (χ1n) is 23.1. The number of carbonyl (C=O) groups is 3. The van der Waals surface area contributed by atoms with E-state index in [1.165, 1.54) is 48.1 Å². The van der Waals surface area contributed by atoms with Gasteiger partial charge in [-0.15, -0.1) is 11.3 Å². The number of amides is 3. The van der Waals surface area contributed by atoms with Gasteiger partial charge < -0.3 is 25.0 Å². The molecule has 1 atom stereocenters. The molecule has 14 heteroatoms. The number of fused-ring (bicyclic) bond motifs is 2. The fourth-order valence-corrected chi connectivity index (χ4v) is 10.3. The van der Waals surface area contributed by atoms with Crippen LogP contribution in [0.1, 0.15) is 82.6 Å². The van der Waals surface area contributed by atoms with E-state index in [0.29, 0.717) is 31.7 Å². The zero-order chi connectivity index (χ0) is 44.7. The fourth-order valence-electron chi connectivity index (χ4n) is 9.33. The van der Waals surface area contributed by atoms with Gasteiger partial charge in [-0.3, -0.25) is 24.6 Å². The number of benzene rings is 3. The van der Waals surface area contributed by atoms with E-state index in [-0.39, 0.29) is 24.8 Å². The number of imide groups is 1. The van der Waals surface area contributed by atoms with Crippen LogP contribution in [0.15, 0.2) is 90.3 Å². The number of piperazine rings is 1. The molecule has 13 nitrogen and oxygen atoms in total. The van der Waals surface area contributed by atoms with E-state index in [0.717, 1.165) is 108 Å². The lowest BCUT2D eigenvalue weighted by Gasteiger charge is -2.35. The predicted molar refractivity (Wildman–Crippen MR) is 254 cm³/mol. The smallest absolute Gasteiger partial charge is 0.256 e. The molecule has 0 radical (unpaired) electrons. The molecule has 3 N–H and O–H groups in total. The van der Waals surface area contributed by atoms with Gasteiger partial charge in [0.05, 0.1) is 23.6 Å². The number of unbranched alkanes of at least 4 members (excludes halogenated alkanes) is 4. The van der Waals surface area contributed by atoms with Gasteiger partial charge in [0.15, 0.2) is 5.65 Å². The van der Waals surface area contributed by atoms with Gasteiger partial charge in [0.25, 0.3) is 5.91 Å². The minimum atomic E-state index is -0.614. The van der Waals surface area contributed by atoms with E-state index in [2.05, 4.69) is 94.1 Å². The highest BCUT2D eigenvalue weighted by molar-refractivity contribution is 7.10. The quantitative estimate of drug-likeness (QED) is 0.0566. The number of nitrogens with zero attached hydrogens (tertiary/aromatic N) is 6. The van der Waals surface area contributed by atoms with Crippen LogP contribution in [0.25, 0.3) is 28.0 Å². The van der Waals surface area contributed by atoms with E-state index < -0.39 is 11.9 Å². The van der Waals surface area contributed by atoms with Crippen molar-refractivity contribution < 1.29 is 24.2 Å². The van der Waals surface area contributed by atoms with Gasteiger partial charge in [-0.05, 0) is 68.0 Å². The predicted octanol–water partition coefficient (Wildman–Crippen LogP) is 7.17. The van der Waals surface area contributed by atoms with Gasteiger partial charge in [0.2, 0.25) is 11.8 Å². The Hall–Kier alpha value is -5.93. The Labute approximate surface area is 384 Å². The summed E-state index contributed by atoms with van der Waals surface area (Å²) in [6.07, 6.45) is 7.60. The van der Waals surface area contributed by atoms with Crippen molar-refractivity contribution in [1.82, 2.24) is 35.0 Å². The second-order valence-corrected chi connectivity index (χ2v) is 18.4. The number of aliphatic hydroxyl groups excluding tert-OH is 1. The molecule has 3 aliphatic rings. The summed E-state index contributed by atoms with van der Waals surface area (Å²) < 4.78 is 8.13. The molecule has 3 aromatic carbocycles. The maximum absolute atomic E-state index is 13.1. The number of rotatable bonds is 19. The van der Waals surface area contributed by atoms with Crippen LogP contribution in [-0.2, 0) is 35.7 Å². The topological polar surface area (TPSA) is 145 Å². The maximum atomic E-state index is 13.1. The van der Waals surface area contributed by atoms with E-state index in [4.69, 9.17) is 14.8 Å². The summed E-state index contributed by atoms with van der Waals surface area (Å²) in [5.41, 5.74) is 10.2. The minimum absolute atomic E-state index is 0.156. The molecular weight excluding hydrogens is 837 g/mol. The number of piperidine rings is 1. The molecule has 9 rings (SSSR count). The first-order chi connectivity index (χ1) is 31.8. The van der Waals surface area contributed by atoms with Gasteiger partial charge >= 0.3 is 0 Å². The van der Waals surface area contributed by atoms with Crippen LogP contribution in [0, 0.1) is 6.92 Å². The number of hydrogen-bond donors (Lipinski definition) is 3. The van der Waals surface area contributed by atoms with E-state index in [1.54, 1.807) is 4.90 Å². The Morgan fingerprint density at radius 1 is 0.877 bits per heavy atom. The van der Waals surface area contributed by atoms with Crippen LogP contribution < -0.4 is 20.3 Å². The molecular formula is C51H58N8O5S. The van der Waals surface area contributed by atoms with Gasteiger partial charge in [-0.2, -0.15) is 9.61 Å². The lowest BCUT2D eigenvalue weighted by Crippen LogP contribution is -2.52. The molecule has 6 aromatic rings. The molecule has 3 amide bonds. The summed E-state index contributed by atoms with van der Waals surface area (Å²) in [7, 11) is 0. The highest BCUT2D eigenvalue weighted by Crippen LogP contribution is 2.36. The second kappa shape index (κ2) is 20.5. The van der Waals surface area contributed by atoms with Crippen molar-refractivity contribution in [3.05, 3.63) is 123 Å². The van der Waals surface area contributed by atoms with E-state index in [9.17, 15) is 19.5 Å². The molecule has 0 saturated carbocycles. The number of thiophene rings is 1. The second-order valence-electron chi connectivity index (χ2n) is 17.4. The molecule has 1 unspecified atom stereocenters. The summed E-state index contributed by atoms with van der Waals surface area (Å²) in [5, 5.41) is 22.3. The summed E-state index contributed by atoms with van der Waals surface area (Å²) in [6.45, 7) is 8.98. The monoisotopic (exact) mass is 894 g/mol. The molecule has 65 heavy (non-hydrogen) atoms. The fraction of sp³-hybridized carbons (Fsp3) is 0.392. The first kappa shape index (κ1) is 44.3. The highest BCUT2D eigenvalue weighted by atomic mass is 32.1. The zero-order valence-electron chi connectivity index (χ0n) is 37.1. The standard InChI is InChI=1S/C51H58N8O5S/c1-35-48(39-11-7-5-8-12-39)49-53-43(30-47(59(49)55-35)57-26-24-56(25-27-57)28-29-60)38-17-13-36(14-18-38)10-6-3-2-4-9-23-52-31-37-15-19-40(20-16-37)64-33-45-41-32-58(51(63)42(41)34-65-45)44-21-22-46(61)54-50(44)62/h5,7-8,11-20,30,34,44,52,60H,2-4,6,9-10,21-29,31-33H2,1H3,(H,54,61,62). The minimum Gasteiger partial charge on any atom is -0.488 e. The molecule has 2 fully saturated rings. The van der Waals surface area contributed by atoms with Gasteiger partial charge in [-0.1, -0.05) is 86.0 Å². The summed E-state index contributed by atoms with van der Waals surface area (Å²) >= 11 is 1.51. The summed E-state index contributed by atoms with van der Waals surface area (Å²) in [6, 6.07) is 29.1. The third kappa shape index (κ3) is 10.2. The number of nitrogens with one attached hydrogen (secondary N) is 2. The summed E-state index contributed by atoms with van der Waals surface area (Å²) in [5.74, 6) is 0.982. The number of anilines is 1. The molecule has 0 bridgehead atoms. The van der Waals surface area contributed by atoms with E-state index in [1.807, 2.05) is 28.1 Å². The Morgan fingerprint density at radius 2 is 1.63 bits per heavy atom. The van der Waals surface area contributed by atoms with Crippen molar-refractivity contribution in [3.63, 3.8) is 0 Å². The largest absolute Gasteiger partial charge is 0.488 e. The van der Waals surface area contributed by atoms with Crippen LogP contribution in [0.4, 0.5) is 5.82 Å². The lowest BCUT2D eigenvalue weighted by atomic mass is 10.0. The number of hydrogen-bond acceptors (Lipinski definition) is 11. The van der Waals surface area contributed by atoms with Gasteiger partial charge in [-0.25, -0.2) is 4.98 Å². The lowest BCUT2D eigenvalue weighted by molar-refractivity contribution is -0.136. The Balaban J connectivity index is 0.699. The number of ether oxygens (including phenoxy) is 1. The average Bonchev–Trinajstić information content (AvgIpc) is 3.99. The molecule has 6 heterocycles. The Bertz CT molecular complexity index is 2600. The number of aryl methyl sites for hydroxylation is 2. The molecule has 0 aliphatic carbocycles. The molecule has 3 aromatic heterocycles. The van der Waals surface area contributed by atoms with Crippen LogP contribution in [0.5, 0.6) is 5.75 Å². The average molecular weight is 895 g/mol. The number of aliphatic hydroxyl groups is 1. The Kier molecular flexibility index (Phi) is 14.0. The van der Waals surface area contributed by atoms with Gasteiger partial charge in [0, 0.05) is 85.2 Å². The van der Waals surface area contributed by atoms with Crippen LogP contribution in [0.3, 0.4) is 0 Å². The summed E-state index contributed by atoms with van der Waals surface area (Å²) in [4.78, 5) is 49.6. The maximum Gasteiger partial charge on any atom is 0.256 e. The molecule has 2 saturated heterocycles. The first-order valence-corrected chi connectivity index (χ1v) is 24.0. The van der Waals surface area contributed by atoms with Gasteiger partial charge in [0.1, 0.15) is 24.2 Å². The molecule has 0 spiro atoms. The van der Waals surface area contributed by atoms with E-state index >= 15 is 0 Å². The van der Waals surface area contributed by atoms with Crippen molar-refractivity contribution in [3.8, 4) is 28.1 Å². The van der Waals surface area contributed by atoms with Crippen molar-refractivity contribution in [1.29, 1.82) is 0 Å². The SMILES string of the molecule is Cc1nn2c(N3CCN(CCO)CC3)cc(-c3ccc(CCCCCCCNCc4ccc(OCc5scc6c5CN(C5CCC(=O)NC5=O)C6=O)cc4)cc3)nc2c1-c1ccccc1. The zero-order valence-corrected chi connectivity index (χ0v) is 38.0. The number of aromatic nitrogens is 3. The van der Waals surface area contributed by atoms with Crippen molar-refractivity contribution >= 4 is 40.5 Å².